The Labute approximate surface area is 182 Å². The van der Waals surface area contributed by atoms with Crippen LogP contribution < -0.4 is 10.9 Å². The Bertz CT molecular complexity index is 1270. The van der Waals surface area contributed by atoms with Crippen molar-refractivity contribution in [3.63, 3.8) is 0 Å². The van der Waals surface area contributed by atoms with Crippen LogP contribution in [0.5, 0.6) is 0 Å². The lowest BCUT2D eigenvalue weighted by Crippen LogP contribution is -2.23. The maximum Gasteiger partial charge on any atom is 0.266 e. The lowest BCUT2D eigenvalue weighted by atomic mass is 10.2. The third-order valence-corrected chi connectivity index (χ3v) is 5.69. The van der Waals surface area contributed by atoms with Crippen molar-refractivity contribution in [2.75, 3.05) is 11.1 Å². The van der Waals surface area contributed by atoms with Crippen molar-refractivity contribution < 1.29 is 4.79 Å². The number of aromatic nitrogens is 2. The predicted molar refractivity (Wildman–Crippen MR) is 123 cm³/mol. The molecule has 1 amide bonds. The fourth-order valence-electron chi connectivity index (χ4n) is 2.99. The van der Waals surface area contributed by atoms with Gasteiger partial charge in [0, 0.05) is 10.7 Å². The van der Waals surface area contributed by atoms with Crippen LogP contribution in [0.25, 0.3) is 16.6 Å². The van der Waals surface area contributed by atoms with E-state index in [-0.39, 0.29) is 17.2 Å². The lowest BCUT2D eigenvalue weighted by Gasteiger charge is -2.13. The molecular weight excluding hydrogens is 418 g/mol. The van der Waals surface area contributed by atoms with Gasteiger partial charge in [-0.15, -0.1) is 0 Å². The van der Waals surface area contributed by atoms with Gasteiger partial charge in [-0.3, -0.25) is 14.2 Å². The number of anilines is 1. The van der Waals surface area contributed by atoms with E-state index in [1.54, 1.807) is 41.0 Å². The zero-order valence-corrected chi connectivity index (χ0v) is 17.7. The van der Waals surface area contributed by atoms with Crippen LogP contribution in [0.15, 0.2) is 82.7 Å². The smallest absolute Gasteiger partial charge is 0.266 e. The van der Waals surface area contributed by atoms with Gasteiger partial charge in [0.15, 0.2) is 5.16 Å². The van der Waals surface area contributed by atoms with Crippen LogP contribution >= 0.6 is 23.4 Å². The molecule has 0 fully saturated rings. The number of nitrogens with zero attached hydrogens (tertiary/aromatic N) is 2. The van der Waals surface area contributed by atoms with E-state index >= 15 is 0 Å². The minimum absolute atomic E-state index is 0.110. The monoisotopic (exact) mass is 435 g/mol. The number of carbonyl (C=O) groups excluding carboxylic acids is 1. The molecule has 0 aliphatic rings. The van der Waals surface area contributed by atoms with Crippen molar-refractivity contribution >= 4 is 45.9 Å². The number of rotatable bonds is 5. The highest BCUT2D eigenvalue weighted by Gasteiger charge is 2.15. The minimum Gasteiger partial charge on any atom is -0.325 e. The average molecular weight is 436 g/mol. The van der Waals surface area contributed by atoms with E-state index in [0.717, 1.165) is 5.56 Å². The highest BCUT2D eigenvalue weighted by Crippen LogP contribution is 2.22. The molecular formula is C23H18ClN3O2S. The van der Waals surface area contributed by atoms with E-state index in [0.29, 0.717) is 32.5 Å². The standard InChI is InChI=1S/C23H18ClN3O2S/c1-15-6-12-18(13-7-15)27-22(29)19-4-2-3-5-20(19)26-23(27)30-14-21(28)25-17-10-8-16(24)9-11-17/h2-13H,14H2,1H3,(H,25,28). The number of halogens is 1. The molecule has 0 aliphatic heterocycles. The molecule has 0 saturated carbocycles. The Balaban J connectivity index is 1.66. The zero-order chi connectivity index (χ0) is 21.1. The van der Waals surface area contributed by atoms with Crippen LogP contribution in [0.3, 0.4) is 0 Å². The van der Waals surface area contributed by atoms with E-state index in [2.05, 4.69) is 10.3 Å². The summed E-state index contributed by atoms with van der Waals surface area (Å²) in [5, 5.41) is 4.43. The molecule has 1 aromatic heterocycles. The summed E-state index contributed by atoms with van der Waals surface area (Å²) in [4.78, 5) is 30.3. The number of benzene rings is 3. The van der Waals surface area contributed by atoms with Crippen LogP contribution in [-0.4, -0.2) is 21.2 Å². The summed E-state index contributed by atoms with van der Waals surface area (Å²) in [5.41, 5.74) is 2.91. The van der Waals surface area contributed by atoms with Gasteiger partial charge >= 0.3 is 0 Å². The number of nitrogens with one attached hydrogen (secondary N) is 1. The average Bonchev–Trinajstić information content (AvgIpc) is 2.75. The largest absolute Gasteiger partial charge is 0.325 e. The summed E-state index contributed by atoms with van der Waals surface area (Å²) in [6, 6.07) is 21.8. The van der Waals surface area contributed by atoms with Gasteiger partial charge in [0.2, 0.25) is 5.91 Å². The first kappa shape index (κ1) is 20.2. The maximum absolute atomic E-state index is 13.2. The topological polar surface area (TPSA) is 64.0 Å². The second kappa shape index (κ2) is 8.73. The Morgan fingerprint density at radius 2 is 1.73 bits per heavy atom. The summed E-state index contributed by atoms with van der Waals surface area (Å²) >= 11 is 7.10. The second-order valence-corrected chi connectivity index (χ2v) is 8.11. The fourth-order valence-corrected chi connectivity index (χ4v) is 3.93. The van der Waals surface area contributed by atoms with Gasteiger partial charge in [-0.1, -0.05) is 53.2 Å². The summed E-state index contributed by atoms with van der Waals surface area (Å²) in [5.74, 6) is -0.0839. The molecule has 7 heteroatoms. The highest BCUT2D eigenvalue weighted by molar-refractivity contribution is 7.99. The third-order valence-electron chi connectivity index (χ3n) is 4.50. The number of carbonyl (C=O) groups is 1. The molecule has 0 radical (unpaired) electrons. The van der Waals surface area contributed by atoms with E-state index in [4.69, 9.17) is 11.6 Å². The molecule has 0 aliphatic carbocycles. The van der Waals surface area contributed by atoms with Crippen molar-refractivity contribution in [2.24, 2.45) is 0 Å². The van der Waals surface area contributed by atoms with Crippen LogP contribution in [0, 0.1) is 6.92 Å². The number of hydrogen-bond donors (Lipinski definition) is 1. The molecule has 4 rings (SSSR count). The Morgan fingerprint density at radius 3 is 2.47 bits per heavy atom. The number of thioether (sulfide) groups is 1. The van der Waals surface area contributed by atoms with Crippen molar-refractivity contribution in [1.82, 2.24) is 9.55 Å². The molecule has 5 nitrogen and oxygen atoms in total. The van der Waals surface area contributed by atoms with E-state index < -0.39 is 0 Å². The van der Waals surface area contributed by atoms with E-state index in [1.807, 2.05) is 43.3 Å². The molecule has 4 aromatic rings. The van der Waals surface area contributed by atoms with Gasteiger partial charge in [0.1, 0.15) is 0 Å². The van der Waals surface area contributed by atoms with Gasteiger partial charge in [-0.25, -0.2) is 4.98 Å². The first-order chi connectivity index (χ1) is 14.5. The fraction of sp³-hybridized carbons (Fsp3) is 0.0870. The van der Waals surface area contributed by atoms with Gasteiger partial charge < -0.3 is 5.32 Å². The Morgan fingerprint density at radius 1 is 1.03 bits per heavy atom. The van der Waals surface area contributed by atoms with Gasteiger partial charge in [-0.05, 0) is 55.5 Å². The number of fused-ring (bicyclic) bond motifs is 1. The SMILES string of the molecule is Cc1ccc(-n2c(SCC(=O)Nc3ccc(Cl)cc3)nc3ccccc3c2=O)cc1. The van der Waals surface area contributed by atoms with Crippen LogP contribution in [0.1, 0.15) is 5.56 Å². The molecule has 0 bridgehead atoms. The molecule has 150 valence electrons. The van der Waals surface area contributed by atoms with Crippen LogP contribution in [0.2, 0.25) is 5.02 Å². The quantitative estimate of drug-likeness (QED) is 0.351. The summed E-state index contributed by atoms with van der Waals surface area (Å²) in [7, 11) is 0. The second-order valence-electron chi connectivity index (χ2n) is 6.73. The molecule has 0 atom stereocenters. The summed E-state index contributed by atoms with van der Waals surface area (Å²) < 4.78 is 1.56. The van der Waals surface area contributed by atoms with Crippen LogP contribution in [-0.2, 0) is 4.79 Å². The first-order valence-corrected chi connectivity index (χ1v) is 10.6. The van der Waals surface area contributed by atoms with Gasteiger partial charge in [0.25, 0.3) is 5.56 Å². The molecule has 30 heavy (non-hydrogen) atoms. The maximum atomic E-state index is 13.2. The van der Waals surface area contributed by atoms with E-state index in [9.17, 15) is 9.59 Å². The third kappa shape index (κ3) is 4.40. The van der Waals surface area contributed by atoms with Crippen molar-refractivity contribution in [3.8, 4) is 5.69 Å². The first-order valence-electron chi connectivity index (χ1n) is 9.28. The minimum atomic E-state index is -0.194. The lowest BCUT2D eigenvalue weighted by molar-refractivity contribution is -0.113. The molecule has 1 heterocycles. The Kier molecular flexibility index (Phi) is 5.88. The van der Waals surface area contributed by atoms with Crippen molar-refractivity contribution in [1.29, 1.82) is 0 Å². The molecule has 1 N–H and O–H groups in total. The van der Waals surface area contributed by atoms with Crippen molar-refractivity contribution in [2.45, 2.75) is 12.1 Å². The number of para-hydroxylation sites is 1. The highest BCUT2D eigenvalue weighted by atomic mass is 35.5. The summed E-state index contributed by atoms with van der Waals surface area (Å²) in [6.45, 7) is 1.99. The normalized spacial score (nSPS) is 10.9. The van der Waals surface area contributed by atoms with Crippen molar-refractivity contribution in [3.05, 3.63) is 93.7 Å². The van der Waals surface area contributed by atoms with Crippen LogP contribution in [0.4, 0.5) is 5.69 Å². The van der Waals surface area contributed by atoms with E-state index in [1.165, 1.54) is 11.8 Å². The number of amides is 1. The summed E-state index contributed by atoms with van der Waals surface area (Å²) in [6.07, 6.45) is 0. The Hall–Kier alpha value is -3.09. The zero-order valence-electron chi connectivity index (χ0n) is 16.1. The van der Waals surface area contributed by atoms with Gasteiger partial charge in [-0.2, -0.15) is 0 Å². The molecule has 0 unspecified atom stereocenters. The number of aryl methyl sites for hydroxylation is 1. The molecule has 0 spiro atoms. The predicted octanol–water partition coefficient (Wildman–Crippen LogP) is 5.08. The number of hydrogen-bond acceptors (Lipinski definition) is 4. The molecule has 0 saturated heterocycles. The van der Waals surface area contributed by atoms with Gasteiger partial charge in [0.05, 0.1) is 22.3 Å². The molecule has 3 aromatic carbocycles.